The molecule has 1 aliphatic heterocycles. The van der Waals surface area contributed by atoms with Gasteiger partial charge in [0.05, 0.1) is 4.92 Å². The van der Waals surface area contributed by atoms with Crippen LogP contribution in [0, 0.1) is 10.1 Å². The number of nitro benzene ring substituents is 1. The van der Waals surface area contributed by atoms with E-state index in [0.29, 0.717) is 19.3 Å². The van der Waals surface area contributed by atoms with Gasteiger partial charge in [-0.15, -0.1) is 0 Å². The van der Waals surface area contributed by atoms with Crippen LogP contribution in [0.2, 0.25) is 0 Å². The van der Waals surface area contributed by atoms with E-state index in [1.54, 1.807) is 13.8 Å². The van der Waals surface area contributed by atoms with Crippen molar-refractivity contribution >= 4 is 21.7 Å². The fraction of sp³-hybridized carbons (Fsp3) is 0.562. The second-order valence-corrected chi connectivity index (χ2v) is 8.55. The second kappa shape index (κ2) is 7.09. The third-order valence-electron chi connectivity index (χ3n) is 4.12. The molecule has 1 atom stereocenters. The smallest absolute Gasteiger partial charge is 0.303 e. The Balaban J connectivity index is 2.33. The summed E-state index contributed by atoms with van der Waals surface area (Å²) in [5.41, 5.74) is -1.26. The van der Waals surface area contributed by atoms with E-state index >= 15 is 0 Å². The van der Waals surface area contributed by atoms with E-state index in [0.717, 1.165) is 0 Å². The molecule has 9 heteroatoms. The normalized spacial score (nSPS) is 18.9. The summed E-state index contributed by atoms with van der Waals surface area (Å²) in [6.45, 7) is 5.04. The molecule has 2 rings (SSSR count). The third kappa shape index (κ3) is 4.35. The molecule has 0 aliphatic carbocycles. The minimum atomic E-state index is -4.01. The molecule has 1 aromatic carbocycles. The van der Waals surface area contributed by atoms with Gasteiger partial charge in [0.2, 0.25) is 10.0 Å². The van der Waals surface area contributed by atoms with Gasteiger partial charge in [-0.1, -0.05) is 12.1 Å². The number of hydrogen-bond acceptors (Lipinski definition) is 6. The highest BCUT2D eigenvalue weighted by Gasteiger charge is 2.41. The first-order valence-electron chi connectivity index (χ1n) is 7.99. The maximum atomic E-state index is 13.0. The van der Waals surface area contributed by atoms with Crippen LogP contribution < -0.4 is 0 Å². The van der Waals surface area contributed by atoms with Crippen molar-refractivity contribution in [3.63, 3.8) is 0 Å². The van der Waals surface area contributed by atoms with E-state index in [1.807, 2.05) is 0 Å². The van der Waals surface area contributed by atoms with Crippen LogP contribution in [0.15, 0.2) is 29.2 Å². The van der Waals surface area contributed by atoms with Gasteiger partial charge in [-0.25, -0.2) is 8.42 Å². The van der Waals surface area contributed by atoms with Gasteiger partial charge < -0.3 is 4.74 Å². The van der Waals surface area contributed by atoms with Crippen LogP contribution in [0.4, 0.5) is 5.69 Å². The molecule has 1 saturated heterocycles. The highest BCUT2D eigenvalue weighted by atomic mass is 32.2. The van der Waals surface area contributed by atoms with Crippen molar-refractivity contribution < 1.29 is 22.9 Å². The van der Waals surface area contributed by atoms with E-state index in [2.05, 4.69) is 0 Å². The summed E-state index contributed by atoms with van der Waals surface area (Å²) in [5.74, 6) is -0.434. The molecular weight excluding hydrogens is 348 g/mol. The van der Waals surface area contributed by atoms with Crippen LogP contribution in [-0.4, -0.2) is 41.8 Å². The summed E-state index contributed by atoms with van der Waals surface area (Å²) >= 11 is 0. The first kappa shape index (κ1) is 19.3. The molecule has 1 aromatic rings. The molecule has 0 amide bonds. The van der Waals surface area contributed by atoms with Gasteiger partial charge in [0.1, 0.15) is 5.60 Å². The molecule has 0 spiro atoms. The summed E-state index contributed by atoms with van der Waals surface area (Å²) in [7, 11) is -4.01. The highest BCUT2D eigenvalue weighted by molar-refractivity contribution is 7.89. The SMILES string of the molecule is CC(=O)OC(C)(C)CC1CCCN1S(=O)(=O)c1ccccc1[N+](=O)[O-]. The Labute approximate surface area is 147 Å². The van der Waals surface area contributed by atoms with Crippen LogP contribution in [0.5, 0.6) is 0 Å². The summed E-state index contributed by atoms with van der Waals surface area (Å²) < 4.78 is 32.5. The molecule has 138 valence electrons. The Kier molecular flexibility index (Phi) is 5.48. The van der Waals surface area contributed by atoms with Gasteiger partial charge in [0.25, 0.3) is 5.69 Å². The number of carbonyl (C=O) groups is 1. The lowest BCUT2D eigenvalue weighted by Crippen LogP contribution is -2.41. The Morgan fingerprint density at radius 2 is 2.04 bits per heavy atom. The summed E-state index contributed by atoms with van der Waals surface area (Å²) in [4.78, 5) is 21.4. The van der Waals surface area contributed by atoms with Gasteiger partial charge in [-0.05, 0) is 32.8 Å². The zero-order chi connectivity index (χ0) is 18.8. The van der Waals surface area contributed by atoms with E-state index in [1.165, 1.54) is 35.5 Å². The summed E-state index contributed by atoms with van der Waals surface area (Å²) in [5, 5.41) is 11.2. The predicted octanol–water partition coefficient (Wildman–Crippen LogP) is 2.48. The first-order valence-corrected chi connectivity index (χ1v) is 9.43. The van der Waals surface area contributed by atoms with E-state index in [-0.39, 0.29) is 17.5 Å². The summed E-state index contributed by atoms with van der Waals surface area (Å²) in [6, 6.07) is 4.95. The zero-order valence-electron chi connectivity index (χ0n) is 14.5. The Morgan fingerprint density at radius 1 is 1.40 bits per heavy atom. The van der Waals surface area contributed by atoms with E-state index in [4.69, 9.17) is 4.74 Å². The molecule has 0 radical (unpaired) electrons. The van der Waals surface area contributed by atoms with Crippen LogP contribution in [0.3, 0.4) is 0 Å². The molecule has 0 bridgehead atoms. The largest absolute Gasteiger partial charge is 0.460 e. The monoisotopic (exact) mass is 370 g/mol. The fourth-order valence-corrected chi connectivity index (χ4v) is 5.13. The average molecular weight is 370 g/mol. The van der Waals surface area contributed by atoms with E-state index in [9.17, 15) is 23.3 Å². The maximum Gasteiger partial charge on any atom is 0.303 e. The van der Waals surface area contributed by atoms with Crippen LogP contribution in [0.1, 0.15) is 40.0 Å². The fourth-order valence-electron chi connectivity index (χ4n) is 3.28. The summed E-state index contributed by atoms with van der Waals surface area (Å²) in [6.07, 6.45) is 1.59. The van der Waals surface area contributed by atoms with Gasteiger partial charge in [0, 0.05) is 32.0 Å². The van der Waals surface area contributed by atoms with Crippen molar-refractivity contribution in [2.75, 3.05) is 6.54 Å². The molecule has 0 N–H and O–H groups in total. The second-order valence-electron chi connectivity index (χ2n) is 6.69. The van der Waals surface area contributed by atoms with Crippen molar-refractivity contribution in [2.24, 2.45) is 0 Å². The molecule has 1 fully saturated rings. The first-order chi connectivity index (χ1) is 11.5. The average Bonchev–Trinajstić information content (AvgIpc) is 2.93. The maximum absolute atomic E-state index is 13.0. The molecule has 25 heavy (non-hydrogen) atoms. The number of ether oxygens (including phenoxy) is 1. The number of rotatable bonds is 6. The van der Waals surface area contributed by atoms with Crippen LogP contribution >= 0.6 is 0 Å². The molecule has 0 saturated carbocycles. The Bertz CT molecular complexity index is 775. The number of hydrogen-bond donors (Lipinski definition) is 0. The topological polar surface area (TPSA) is 107 Å². The highest BCUT2D eigenvalue weighted by Crippen LogP contribution is 2.34. The van der Waals surface area contributed by atoms with Crippen molar-refractivity contribution in [3.8, 4) is 0 Å². The van der Waals surface area contributed by atoms with Gasteiger partial charge in [-0.3, -0.25) is 14.9 Å². The number of nitrogens with zero attached hydrogens (tertiary/aromatic N) is 2. The zero-order valence-corrected chi connectivity index (χ0v) is 15.3. The Hall–Kier alpha value is -2.00. The molecular formula is C16H22N2O6S. The predicted molar refractivity (Wildman–Crippen MR) is 90.5 cm³/mol. The van der Waals surface area contributed by atoms with Crippen molar-refractivity contribution in [3.05, 3.63) is 34.4 Å². The number of benzene rings is 1. The van der Waals surface area contributed by atoms with Crippen LogP contribution in [-0.2, 0) is 19.6 Å². The molecule has 8 nitrogen and oxygen atoms in total. The number of nitro groups is 1. The molecule has 0 aromatic heterocycles. The van der Waals surface area contributed by atoms with Gasteiger partial charge in [0.15, 0.2) is 4.90 Å². The number of para-hydroxylation sites is 1. The third-order valence-corrected chi connectivity index (χ3v) is 6.12. The molecule has 1 unspecified atom stereocenters. The quantitative estimate of drug-likeness (QED) is 0.432. The standard InChI is InChI=1S/C16H22N2O6S/c1-12(19)24-16(2,3)11-13-7-6-10-17(13)25(22,23)15-9-5-4-8-14(15)18(20)21/h4-5,8-9,13H,6-7,10-11H2,1-3H3. The molecule has 1 aliphatic rings. The van der Waals surface area contributed by atoms with Crippen molar-refractivity contribution in [1.29, 1.82) is 0 Å². The van der Waals surface area contributed by atoms with Crippen molar-refractivity contribution in [1.82, 2.24) is 4.31 Å². The lowest BCUT2D eigenvalue weighted by molar-refractivity contribution is -0.387. The number of carbonyl (C=O) groups excluding carboxylic acids is 1. The number of esters is 1. The number of sulfonamides is 1. The van der Waals surface area contributed by atoms with Gasteiger partial charge >= 0.3 is 5.97 Å². The lowest BCUT2D eigenvalue weighted by Gasteiger charge is -2.31. The minimum absolute atomic E-state index is 0.287. The van der Waals surface area contributed by atoms with Crippen molar-refractivity contribution in [2.45, 2.75) is 56.6 Å². The Morgan fingerprint density at radius 3 is 2.64 bits per heavy atom. The molecule has 1 heterocycles. The minimum Gasteiger partial charge on any atom is -0.460 e. The van der Waals surface area contributed by atoms with E-state index < -0.39 is 32.2 Å². The van der Waals surface area contributed by atoms with Crippen LogP contribution in [0.25, 0.3) is 0 Å². The van der Waals surface area contributed by atoms with Gasteiger partial charge in [-0.2, -0.15) is 4.31 Å². The lowest BCUT2D eigenvalue weighted by atomic mass is 9.98.